The minimum absolute atomic E-state index is 0.141. The molecule has 0 saturated carbocycles. The quantitative estimate of drug-likeness (QED) is 0.213. The van der Waals surface area contributed by atoms with E-state index < -0.39 is 111 Å². The molecule has 1 fully saturated rings. The minimum atomic E-state index is -4.77. The van der Waals surface area contributed by atoms with Crippen molar-refractivity contribution in [3.05, 3.63) is 59.2 Å². The van der Waals surface area contributed by atoms with Crippen LogP contribution in [0, 0.1) is 17.6 Å². The fourth-order valence-electron chi connectivity index (χ4n) is 5.43. The van der Waals surface area contributed by atoms with Crippen LogP contribution in [0.4, 0.5) is 22.0 Å². The summed E-state index contributed by atoms with van der Waals surface area (Å²) in [5.41, 5.74) is -1.75. The molecule has 1 saturated heterocycles. The first-order valence-corrected chi connectivity index (χ1v) is 17.7. The molecule has 17 heteroatoms. The first kappa shape index (κ1) is 32.6. The Labute approximate surface area is 239 Å². The Kier molecular flexibility index (Phi) is 9.02. The van der Waals surface area contributed by atoms with Crippen molar-refractivity contribution in [2.75, 3.05) is 37.6 Å². The summed E-state index contributed by atoms with van der Waals surface area (Å²) < 4.78 is 159. The summed E-state index contributed by atoms with van der Waals surface area (Å²) in [5.74, 6) is -5.07. The zero-order chi connectivity index (χ0) is 31.1. The number of fused-ring (bicyclic) bond motifs is 3. The Bertz CT molecular complexity index is 1640. The van der Waals surface area contributed by atoms with Crippen LogP contribution in [-0.2, 0) is 49.6 Å². The summed E-state index contributed by atoms with van der Waals surface area (Å²) in [6.45, 7) is -1.20. The highest BCUT2D eigenvalue weighted by Gasteiger charge is 2.61. The number of ether oxygens (including phenoxy) is 2. The highest BCUT2D eigenvalue weighted by Crippen LogP contribution is 2.56. The van der Waals surface area contributed by atoms with Crippen molar-refractivity contribution >= 4 is 29.8 Å². The van der Waals surface area contributed by atoms with Crippen LogP contribution in [0.1, 0.15) is 30.4 Å². The van der Waals surface area contributed by atoms with E-state index in [1.54, 1.807) is 0 Å². The molecule has 0 bridgehead atoms. The van der Waals surface area contributed by atoms with E-state index in [0.29, 0.717) is 12.1 Å². The lowest BCUT2D eigenvalue weighted by Gasteiger charge is -2.50. The molecule has 9 nitrogen and oxygen atoms in total. The van der Waals surface area contributed by atoms with Gasteiger partial charge in [-0.2, -0.15) is 21.6 Å². The van der Waals surface area contributed by atoms with E-state index in [-0.39, 0.29) is 26.1 Å². The van der Waals surface area contributed by atoms with Crippen LogP contribution in [0.3, 0.4) is 0 Å². The third-order valence-electron chi connectivity index (χ3n) is 7.32. The van der Waals surface area contributed by atoms with Crippen molar-refractivity contribution in [2.24, 2.45) is 5.92 Å². The average molecular weight is 663 g/mol. The SMILES string of the molecule is CS(=O)(=O)OCCCS(=O)(=O)CC[C@@H]1OCC[C@@]2(S(=O)(=O)c3ccc(C(F)(F)F)cc3)c3c(F)ccc(F)c3OC[C@@H]12. The Hall–Kier alpha value is -2.34. The maximum absolute atomic E-state index is 15.4. The Morgan fingerprint density at radius 3 is 2.21 bits per heavy atom. The van der Waals surface area contributed by atoms with Gasteiger partial charge >= 0.3 is 6.18 Å². The zero-order valence-electron chi connectivity index (χ0n) is 22.1. The number of rotatable bonds is 10. The van der Waals surface area contributed by atoms with E-state index >= 15 is 4.39 Å². The molecule has 2 aromatic rings. The number of alkyl halides is 3. The molecule has 4 rings (SSSR count). The first-order chi connectivity index (χ1) is 19.4. The van der Waals surface area contributed by atoms with Gasteiger partial charge in [0.05, 0.1) is 53.1 Å². The molecule has 2 heterocycles. The monoisotopic (exact) mass is 662 g/mol. The van der Waals surface area contributed by atoms with Crippen LogP contribution in [0.25, 0.3) is 0 Å². The molecular formula is C25H27F5O9S3. The molecule has 0 aromatic heterocycles. The van der Waals surface area contributed by atoms with Gasteiger partial charge in [-0.15, -0.1) is 0 Å². The fraction of sp³-hybridized carbons (Fsp3) is 0.520. The van der Waals surface area contributed by atoms with Crippen molar-refractivity contribution in [3.63, 3.8) is 0 Å². The van der Waals surface area contributed by atoms with Gasteiger partial charge in [0.15, 0.2) is 31.2 Å². The lowest BCUT2D eigenvalue weighted by atomic mass is 9.75. The molecule has 2 aliphatic heterocycles. The summed E-state index contributed by atoms with van der Waals surface area (Å²) in [6, 6.07) is 4.09. The van der Waals surface area contributed by atoms with Crippen molar-refractivity contribution in [1.29, 1.82) is 0 Å². The van der Waals surface area contributed by atoms with E-state index in [9.17, 15) is 42.8 Å². The first-order valence-electron chi connectivity index (χ1n) is 12.6. The average Bonchev–Trinajstić information content (AvgIpc) is 2.90. The van der Waals surface area contributed by atoms with Crippen molar-refractivity contribution in [3.8, 4) is 5.75 Å². The lowest BCUT2D eigenvalue weighted by molar-refractivity contribution is -0.137. The summed E-state index contributed by atoms with van der Waals surface area (Å²) in [5, 5.41) is 0. The second-order valence-corrected chi connectivity index (χ2v) is 16.2. The van der Waals surface area contributed by atoms with Crippen LogP contribution < -0.4 is 4.74 Å². The molecule has 0 radical (unpaired) electrons. The molecule has 0 aliphatic carbocycles. The van der Waals surface area contributed by atoms with Crippen molar-refractivity contribution < 1.29 is 60.9 Å². The van der Waals surface area contributed by atoms with Gasteiger partial charge in [-0.3, -0.25) is 4.18 Å². The van der Waals surface area contributed by atoms with Crippen LogP contribution in [0.2, 0.25) is 0 Å². The van der Waals surface area contributed by atoms with E-state index in [2.05, 4.69) is 4.18 Å². The molecule has 3 atom stereocenters. The Balaban J connectivity index is 1.71. The van der Waals surface area contributed by atoms with Crippen LogP contribution >= 0.6 is 0 Å². The van der Waals surface area contributed by atoms with E-state index in [4.69, 9.17) is 9.47 Å². The molecule has 0 unspecified atom stereocenters. The van der Waals surface area contributed by atoms with Crippen LogP contribution in [-0.4, -0.2) is 68.9 Å². The molecule has 2 aliphatic rings. The lowest BCUT2D eigenvalue weighted by Crippen LogP contribution is -2.57. The summed E-state index contributed by atoms with van der Waals surface area (Å²) in [6.07, 6.45) is -5.93. The zero-order valence-corrected chi connectivity index (χ0v) is 24.5. The normalized spacial score (nSPS) is 23.1. The topological polar surface area (TPSA) is 130 Å². The predicted molar refractivity (Wildman–Crippen MR) is 139 cm³/mol. The standard InChI is InChI=1S/C25H27F5O9S3/c1-40(31,32)39-11-2-13-41(33,34)14-9-21-18-15-38-23-20(27)8-7-19(26)22(23)24(18,10-12-37-21)42(35,36)17-5-3-16(4-6-17)25(28,29)30/h3-8,18,21H,2,9-15H2,1H3/t18-,21-,24-/m0/s1. The van der Waals surface area contributed by atoms with Gasteiger partial charge in [-0.05, 0) is 55.7 Å². The van der Waals surface area contributed by atoms with E-state index in [0.717, 1.165) is 30.5 Å². The van der Waals surface area contributed by atoms with Crippen LogP contribution in [0.15, 0.2) is 41.3 Å². The van der Waals surface area contributed by atoms with E-state index in [1.807, 2.05) is 0 Å². The van der Waals surface area contributed by atoms with Crippen molar-refractivity contribution in [2.45, 2.75) is 41.2 Å². The van der Waals surface area contributed by atoms with Gasteiger partial charge < -0.3 is 9.47 Å². The second kappa shape index (κ2) is 11.6. The van der Waals surface area contributed by atoms with Gasteiger partial charge in [0.25, 0.3) is 10.1 Å². The minimum Gasteiger partial charge on any atom is -0.490 e. The molecule has 0 spiro atoms. The second-order valence-electron chi connectivity index (χ2n) is 10.0. The van der Waals surface area contributed by atoms with E-state index in [1.165, 1.54) is 0 Å². The third-order valence-corrected chi connectivity index (χ3v) is 12.3. The van der Waals surface area contributed by atoms with Gasteiger partial charge in [0, 0.05) is 12.5 Å². The molecule has 42 heavy (non-hydrogen) atoms. The summed E-state index contributed by atoms with van der Waals surface area (Å²) in [7, 11) is -12.4. The molecule has 234 valence electrons. The fourth-order valence-corrected chi connectivity index (χ4v) is 9.55. The Morgan fingerprint density at radius 2 is 1.60 bits per heavy atom. The molecular weight excluding hydrogens is 635 g/mol. The van der Waals surface area contributed by atoms with Crippen molar-refractivity contribution in [1.82, 2.24) is 0 Å². The number of halogens is 5. The Morgan fingerprint density at radius 1 is 0.952 bits per heavy atom. The molecule has 2 aromatic carbocycles. The van der Waals surface area contributed by atoms with Crippen LogP contribution in [0.5, 0.6) is 5.75 Å². The number of sulfone groups is 2. The number of hydrogen-bond donors (Lipinski definition) is 0. The van der Waals surface area contributed by atoms with Gasteiger partial charge in [-0.1, -0.05) is 0 Å². The smallest absolute Gasteiger partial charge is 0.416 e. The summed E-state index contributed by atoms with van der Waals surface area (Å²) >= 11 is 0. The maximum Gasteiger partial charge on any atom is 0.416 e. The number of hydrogen-bond acceptors (Lipinski definition) is 9. The largest absolute Gasteiger partial charge is 0.490 e. The molecule has 0 N–H and O–H groups in total. The summed E-state index contributed by atoms with van der Waals surface area (Å²) in [4.78, 5) is -0.573. The molecule has 0 amide bonds. The predicted octanol–water partition coefficient (Wildman–Crippen LogP) is 3.62. The maximum atomic E-state index is 15.4. The number of benzene rings is 2. The highest BCUT2D eigenvalue weighted by atomic mass is 32.2. The van der Waals surface area contributed by atoms with Gasteiger partial charge in [-0.25, -0.2) is 25.6 Å². The highest BCUT2D eigenvalue weighted by molar-refractivity contribution is 7.92. The van der Waals surface area contributed by atoms with Gasteiger partial charge in [0.1, 0.15) is 10.6 Å². The van der Waals surface area contributed by atoms with Gasteiger partial charge in [0.2, 0.25) is 0 Å². The third kappa shape index (κ3) is 6.44.